The van der Waals surface area contributed by atoms with Gasteiger partial charge in [-0.2, -0.15) is 5.26 Å². The quantitative estimate of drug-likeness (QED) is 0.851. The normalized spacial score (nSPS) is 20.0. The predicted octanol–water partition coefficient (Wildman–Crippen LogP) is 0.781. The zero-order valence-corrected chi connectivity index (χ0v) is 10.5. The van der Waals surface area contributed by atoms with Gasteiger partial charge in [-0.05, 0) is 12.0 Å². The smallest absolute Gasteiger partial charge is 0.114 e. The summed E-state index contributed by atoms with van der Waals surface area (Å²) in [6, 6.07) is 12.0. The zero-order valence-electron chi connectivity index (χ0n) is 10.5. The molecule has 0 saturated carbocycles. The SMILES string of the molecule is N#CC([C@@H](N)Cc1ccccc1)N1CCOCC1. The van der Waals surface area contributed by atoms with E-state index in [9.17, 15) is 5.26 Å². The highest BCUT2D eigenvalue weighted by molar-refractivity contribution is 5.17. The molecule has 0 radical (unpaired) electrons. The van der Waals surface area contributed by atoms with E-state index in [0.717, 1.165) is 19.5 Å². The highest BCUT2D eigenvalue weighted by Crippen LogP contribution is 2.11. The van der Waals surface area contributed by atoms with Crippen LogP contribution in [0.25, 0.3) is 0 Å². The summed E-state index contributed by atoms with van der Waals surface area (Å²) in [5, 5.41) is 9.31. The second-order valence-corrected chi connectivity index (χ2v) is 4.58. The summed E-state index contributed by atoms with van der Waals surface area (Å²) in [6.45, 7) is 2.97. The number of hydrogen-bond donors (Lipinski definition) is 1. The van der Waals surface area contributed by atoms with E-state index in [-0.39, 0.29) is 12.1 Å². The molecule has 2 atom stereocenters. The van der Waals surface area contributed by atoms with Crippen LogP contribution in [0.5, 0.6) is 0 Å². The average Bonchev–Trinajstić information content (AvgIpc) is 2.42. The summed E-state index contributed by atoms with van der Waals surface area (Å²) in [5.41, 5.74) is 7.37. The molecule has 1 aromatic carbocycles. The van der Waals surface area contributed by atoms with Crippen molar-refractivity contribution in [3.8, 4) is 6.07 Å². The summed E-state index contributed by atoms with van der Waals surface area (Å²) < 4.78 is 5.30. The fourth-order valence-corrected chi connectivity index (χ4v) is 2.30. The molecule has 1 saturated heterocycles. The van der Waals surface area contributed by atoms with Gasteiger partial charge >= 0.3 is 0 Å². The molecule has 2 N–H and O–H groups in total. The molecular weight excluding hydrogens is 226 g/mol. The largest absolute Gasteiger partial charge is 0.379 e. The standard InChI is InChI=1S/C14H19N3O/c15-11-14(17-6-8-18-9-7-17)13(16)10-12-4-2-1-3-5-12/h1-5,13-14H,6-10,16H2/t13-,14?/m0/s1. The van der Waals surface area contributed by atoms with E-state index in [0.29, 0.717) is 13.2 Å². The van der Waals surface area contributed by atoms with Gasteiger partial charge in [0.05, 0.1) is 19.3 Å². The van der Waals surface area contributed by atoms with Gasteiger partial charge in [-0.1, -0.05) is 30.3 Å². The molecule has 96 valence electrons. The molecule has 18 heavy (non-hydrogen) atoms. The maximum atomic E-state index is 9.31. The first-order valence-electron chi connectivity index (χ1n) is 6.32. The van der Waals surface area contributed by atoms with Crippen molar-refractivity contribution in [1.82, 2.24) is 4.90 Å². The van der Waals surface area contributed by atoms with E-state index < -0.39 is 0 Å². The fourth-order valence-electron chi connectivity index (χ4n) is 2.30. The molecule has 1 fully saturated rings. The number of nitriles is 1. The summed E-state index contributed by atoms with van der Waals surface area (Å²) in [6.07, 6.45) is 0.733. The lowest BCUT2D eigenvalue weighted by Gasteiger charge is -2.33. The summed E-state index contributed by atoms with van der Waals surface area (Å²) in [4.78, 5) is 2.12. The molecule has 2 rings (SSSR count). The Kier molecular flexibility index (Phi) is 4.71. The van der Waals surface area contributed by atoms with Crippen LogP contribution in [0.1, 0.15) is 5.56 Å². The highest BCUT2D eigenvalue weighted by Gasteiger charge is 2.26. The molecule has 0 amide bonds. The van der Waals surface area contributed by atoms with Gasteiger partial charge in [0.2, 0.25) is 0 Å². The van der Waals surface area contributed by atoms with Crippen molar-refractivity contribution in [2.24, 2.45) is 5.73 Å². The van der Waals surface area contributed by atoms with Gasteiger partial charge in [0.1, 0.15) is 6.04 Å². The van der Waals surface area contributed by atoms with E-state index in [1.54, 1.807) is 0 Å². The Bertz CT molecular complexity index is 395. The van der Waals surface area contributed by atoms with E-state index in [1.807, 2.05) is 30.3 Å². The van der Waals surface area contributed by atoms with E-state index >= 15 is 0 Å². The van der Waals surface area contributed by atoms with Crippen LogP contribution in [0.4, 0.5) is 0 Å². The predicted molar refractivity (Wildman–Crippen MR) is 69.9 cm³/mol. The summed E-state index contributed by atoms with van der Waals surface area (Å²) in [5.74, 6) is 0. The number of nitrogens with two attached hydrogens (primary N) is 1. The third-order valence-corrected chi connectivity index (χ3v) is 3.29. The number of benzene rings is 1. The Morgan fingerprint density at radius 3 is 2.56 bits per heavy atom. The second-order valence-electron chi connectivity index (χ2n) is 4.58. The van der Waals surface area contributed by atoms with Crippen LogP contribution >= 0.6 is 0 Å². The van der Waals surface area contributed by atoms with Crippen LogP contribution in [0.2, 0.25) is 0 Å². The fraction of sp³-hybridized carbons (Fsp3) is 0.500. The van der Waals surface area contributed by atoms with Crippen molar-refractivity contribution in [3.63, 3.8) is 0 Å². The molecule has 1 aliphatic heterocycles. The first-order chi connectivity index (χ1) is 8.81. The van der Waals surface area contributed by atoms with Crippen LogP contribution in [0.15, 0.2) is 30.3 Å². The minimum absolute atomic E-state index is 0.157. The molecule has 1 aliphatic rings. The molecule has 1 unspecified atom stereocenters. The number of nitrogens with zero attached hydrogens (tertiary/aromatic N) is 2. The van der Waals surface area contributed by atoms with Crippen LogP contribution in [0, 0.1) is 11.3 Å². The molecule has 1 aromatic rings. The lowest BCUT2D eigenvalue weighted by Crippen LogP contribution is -2.52. The van der Waals surface area contributed by atoms with Crippen molar-refractivity contribution in [1.29, 1.82) is 5.26 Å². The van der Waals surface area contributed by atoms with Crippen LogP contribution in [-0.2, 0) is 11.2 Å². The van der Waals surface area contributed by atoms with E-state index in [4.69, 9.17) is 10.5 Å². The van der Waals surface area contributed by atoms with Crippen molar-refractivity contribution in [2.45, 2.75) is 18.5 Å². The molecule has 0 aliphatic carbocycles. The molecule has 4 heteroatoms. The van der Waals surface area contributed by atoms with Gasteiger partial charge in [0.25, 0.3) is 0 Å². The Balaban J connectivity index is 1.97. The van der Waals surface area contributed by atoms with Gasteiger partial charge in [0, 0.05) is 19.1 Å². The number of rotatable bonds is 4. The Hall–Kier alpha value is -1.41. The maximum Gasteiger partial charge on any atom is 0.114 e. The molecular formula is C14H19N3O. The first-order valence-corrected chi connectivity index (χ1v) is 6.32. The number of morpholine rings is 1. The third-order valence-electron chi connectivity index (χ3n) is 3.29. The number of ether oxygens (including phenoxy) is 1. The Morgan fingerprint density at radius 1 is 1.28 bits per heavy atom. The van der Waals surface area contributed by atoms with Crippen LogP contribution in [0.3, 0.4) is 0 Å². The van der Waals surface area contributed by atoms with Gasteiger partial charge in [0.15, 0.2) is 0 Å². The van der Waals surface area contributed by atoms with Gasteiger partial charge < -0.3 is 10.5 Å². The van der Waals surface area contributed by atoms with Gasteiger partial charge in [-0.15, -0.1) is 0 Å². The van der Waals surface area contributed by atoms with Crippen LogP contribution in [-0.4, -0.2) is 43.3 Å². The Labute approximate surface area is 108 Å². The molecule has 4 nitrogen and oxygen atoms in total. The zero-order chi connectivity index (χ0) is 12.8. The lowest BCUT2D eigenvalue weighted by atomic mass is 9.99. The minimum atomic E-state index is -0.228. The van der Waals surface area contributed by atoms with Gasteiger partial charge in [-0.3, -0.25) is 4.90 Å². The molecule has 0 aromatic heterocycles. The van der Waals surface area contributed by atoms with E-state index in [1.165, 1.54) is 5.56 Å². The maximum absolute atomic E-state index is 9.31. The van der Waals surface area contributed by atoms with Gasteiger partial charge in [-0.25, -0.2) is 0 Å². The third kappa shape index (κ3) is 3.30. The second kappa shape index (κ2) is 6.50. The van der Waals surface area contributed by atoms with Crippen LogP contribution < -0.4 is 5.73 Å². The summed E-state index contributed by atoms with van der Waals surface area (Å²) in [7, 11) is 0. The van der Waals surface area contributed by atoms with Crippen molar-refractivity contribution >= 4 is 0 Å². The minimum Gasteiger partial charge on any atom is -0.379 e. The van der Waals surface area contributed by atoms with Crippen molar-refractivity contribution in [3.05, 3.63) is 35.9 Å². The molecule has 0 spiro atoms. The summed E-state index contributed by atoms with van der Waals surface area (Å²) >= 11 is 0. The molecule has 1 heterocycles. The monoisotopic (exact) mass is 245 g/mol. The topological polar surface area (TPSA) is 62.3 Å². The lowest BCUT2D eigenvalue weighted by molar-refractivity contribution is 0.0226. The van der Waals surface area contributed by atoms with Crippen molar-refractivity contribution < 1.29 is 4.74 Å². The van der Waals surface area contributed by atoms with E-state index in [2.05, 4.69) is 11.0 Å². The number of hydrogen-bond acceptors (Lipinski definition) is 4. The molecule has 0 bridgehead atoms. The van der Waals surface area contributed by atoms with Crippen molar-refractivity contribution in [2.75, 3.05) is 26.3 Å². The highest BCUT2D eigenvalue weighted by atomic mass is 16.5. The average molecular weight is 245 g/mol. The Morgan fingerprint density at radius 2 is 1.94 bits per heavy atom. The first kappa shape index (κ1) is 13.0.